The standard InChI is InChI=1S/C19H25NO/c1-2-11-20-15-18(12-16-7-4-3-5-8-16)13-17-9-6-10-19(21)14-17/h3-10,14,18,20-21H,2,11-13,15H2,1H3. The van der Waals surface area contributed by atoms with Gasteiger partial charge in [-0.1, -0.05) is 49.4 Å². The monoisotopic (exact) mass is 283 g/mol. The average Bonchev–Trinajstić information content (AvgIpc) is 2.48. The summed E-state index contributed by atoms with van der Waals surface area (Å²) in [6, 6.07) is 18.2. The van der Waals surface area contributed by atoms with E-state index in [1.54, 1.807) is 6.07 Å². The first kappa shape index (κ1) is 15.6. The van der Waals surface area contributed by atoms with E-state index in [2.05, 4.69) is 48.6 Å². The molecule has 0 aliphatic rings. The molecule has 2 aromatic rings. The van der Waals surface area contributed by atoms with Gasteiger partial charge in [-0.15, -0.1) is 0 Å². The fraction of sp³-hybridized carbons (Fsp3) is 0.368. The van der Waals surface area contributed by atoms with E-state index in [1.807, 2.05) is 12.1 Å². The highest BCUT2D eigenvalue weighted by molar-refractivity contribution is 5.27. The second-order valence-corrected chi connectivity index (χ2v) is 5.63. The van der Waals surface area contributed by atoms with E-state index >= 15 is 0 Å². The van der Waals surface area contributed by atoms with Gasteiger partial charge in [-0.25, -0.2) is 0 Å². The molecule has 0 spiro atoms. The van der Waals surface area contributed by atoms with E-state index in [9.17, 15) is 5.11 Å². The summed E-state index contributed by atoms with van der Waals surface area (Å²) < 4.78 is 0. The molecule has 2 nitrogen and oxygen atoms in total. The highest BCUT2D eigenvalue weighted by atomic mass is 16.3. The lowest BCUT2D eigenvalue weighted by molar-refractivity contribution is 0.462. The molecule has 2 rings (SSSR count). The summed E-state index contributed by atoms with van der Waals surface area (Å²) in [5.41, 5.74) is 2.58. The molecule has 21 heavy (non-hydrogen) atoms. The maximum Gasteiger partial charge on any atom is 0.115 e. The second-order valence-electron chi connectivity index (χ2n) is 5.63. The molecule has 0 aliphatic heterocycles. The van der Waals surface area contributed by atoms with Crippen LogP contribution < -0.4 is 5.32 Å². The Labute approximate surface area is 127 Å². The summed E-state index contributed by atoms with van der Waals surface area (Å²) >= 11 is 0. The van der Waals surface area contributed by atoms with Crippen molar-refractivity contribution in [3.05, 3.63) is 65.7 Å². The molecule has 2 heteroatoms. The summed E-state index contributed by atoms with van der Waals surface area (Å²) in [6.45, 7) is 4.26. The molecular formula is C19H25NO. The number of phenols is 1. The number of hydrogen-bond acceptors (Lipinski definition) is 2. The zero-order valence-electron chi connectivity index (χ0n) is 12.8. The van der Waals surface area contributed by atoms with Crippen LogP contribution in [0.4, 0.5) is 0 Å². The zero-order valence-corrected chi connectivity index (χ0v) is 12.8. The Morgan fingerprint density at radius 2 is 1.67 bits per heavy atom. The van der Waals surface area contributed by atoms with E-state index < -0.39 is 0 Å². The Morgan fingerprint density at radius 3 is 2.38 bits per heavy atom. The van der Waals surface area contributed by atoms with Crippen LogP contribution in [-0.2, 0) is 12.8 Å². The molecule has 2 N–H and O–H groups in total. The fourth-order valence-electron chi connectivity index (χ4n) is 2.66. The fourth-order valence-corrected chi connectivity index (χ4v) is 2.66. The lowest BCUT2D eigenvalue weighted by Gasteiger charge is -2.18. The van der Waals surface area contributed by atoms with Crippen molar-refractivity contribution in [2.24, 2.45) is 5.92 Å². The van der Waals surface area contributed by atoms with Crippen LogP contribution in [0.1, 0.15) is 24.5 Å². The van der Waals surface area contributed by atoms with Gasteiger partial charge in [0.15, 0.2) is 0 Å². The minimum atomic E-state index is 0.354. The predicted molar refractivity (Wildman–Crippen MR) is 88.6 cm³/mol. The summed E-state index contributed by atoms with van der Waals surface area (Å²) in [6.07, 6.45) is 3.21. The molecule has 2 aromatic carbocycles. The number of hydrogen-bond donors (Lipinski definition) is 2. The number of nitrogens with one attached hydrogen (secondary N) is 1. The number of phenolic OH excluding ortho intramolecular Hbond substituents is 1. The zero-order chi connectivity index (χ0) is 14.9. The molecule has 0 saturated heterocycles. The van der Waals surface area contributed by atoms with Gasteiger partial charge >= 0.3 is 0 Å². The smallest absolute Gasteiger partial charge is 0.115 e. The number of benzene rings is 2. The van der Waals surface area contributed by atoms with Crippen molar-refractivity contribution in [2.75, 3.05) is 13.1 Å². The van der Waals surface area contributed by atoms with Crippen LogP contribution in [0.2, 0.25) is 0 Å². The average molecular weight is 283 g/mol. The minimum Gasteiger partial charge on any atom is -0.508 e. The maximum absolute atomic E-state index is 9.61. The normalized spacial score (nSPS) is 12.2. The van der Waals surface area contributed by atoms with Gasteiger partial charge in [-0.2, -0.15) is 0 Å². The molecule has 1 unspecified atom stereocenters. The molecule has 0 bridgehead atoms. The summed E-state index contributed by atoms with van der Waals surface area (Å²) in [4.78, 5) is 0. The molecule has 1 atom stereocenters. The largest absolute Gasteiger partial charge is 0.508 e. The van der Waals surface area contributed by atoms with Crippen LogP contribution >= 0.6 is 0 Å². The third-order valence-electron chi connectivity index (χ3n) is 3.66. The molecular weight excluding hydrogens is 258 g/mol. The lowest BCUT2D eigenvalue weighted by Crippen LogP contribution is -2.26. The highest BCUT2D eigenvalue weighted by Gasteiger charge is 2.11. The van der Waals surface area contributed by atoms with Crippen molar-refractivity contribution >= 4 is 0 Å². The Kier molecular flexibility index (Phi) is 6.29. The first-order valence-electron chi connectivity index (χ1n) is 7.80. The minimum absolute atomic E-state index is 0.354. The van der Waals surface area contributed by atoms with Crippen molar-refractivity contribution in [2.45, 2.75) is 26.2 Å². The summed E-state index contributed by atoms with van der Waals surface area (Å²) in [7, 11) is 0. The molecule has 0 aromatic heterocycles. The molecule has 0 amide bonds. The predicted octanol–water partition coefficient (Wildman–Crippen LogP) is 3.79. The maximum atomic E-state index is 9.61. The van der Waals surface area contributed by atoms with Gasteiger partial charge in [-0.3, -0.25) is 0 Å². The van der Waals surface area contributed by atoms with Crippen molar-refractivity contribution in [3.63, 3.8) is 0 Å². The van der Waals surface area contributed by atoms with E-state index in [0.717, 1.165) is 32.4 Å². The van der Waals surface area contributed by atoms with Crippen molar-refractivity contribution < 1.29 is 5.11 Å². The van der Waals surface area contributed by atoms with Crippen LogP contribution in [0.5, 0.6) is 5.75 Å². The van der Waals surface area contributed by atoms with Crippen molar-refractivity contribution in [3.8, 4) is 5.75 Å². The summed E-state index contributed by atoms with van der Waals surface area (Å²) in [5.74, 6) is 0.897. The van der Waals surface area contributed by atoms with E-state index in [-0.39, 0.29) is 0 Å². The second kappa shape index (κ2) is 8.48. The highest BCUT2D eigenvalue weighted by Crippen LogP contribution is 2.18. The Balaban J connectivity index is 2.01. The van der Waals surface area contributed by atoms with Gasteiger partial charge in [0.1, 0.15) is 5.75 Å². The molecule has 0 saturated carbocycles. The third-order valence-corrected chi connectivity index (χ3v) is 3.66. The van der Waals surface area contributed by atoms with Crippen LogP contribution in [0.25, 0.3) is 0 Å². The van der Waals surface area contributed by atoms with Gasteiger partial charge in [0, 0.05) is 0 Å². The molecule has 0 heterocycles. The lowest BCUT2D eigenvalue weighted by atomic mass is 9.92. The quantitative estimate of drug-likeness (QED) is 0.722. The van der Waals surface area contributed by atoms with Crippen LogP contribution in [0.3, 0.4) is 0 Å². The molecule has 0 aliphatic carbocycles. The molecule has 0 radical (unpaired) electrons. The van der Waals surface area contributed by atoms with Gasteiger partial charge in [0.25, 0.3) is 0 Å². The van der Waals surface area contributed by atoms with Gasteiger partial charge in [0.05, 0.1) is 0 Å². The van der Waals surface area contributed by atoms with E-state index in [4.69, 9.17) is 0 Å². The molecule has 112 valence electrons. The van der Waals surface area contributed by atoms with Gasteiger partial charge < -0.3 is 10.4 Å². The number of aromatic hydroxyl groups is 1. The Morgan fingerprint density at radius 1 is 0.952 bits per heavy atom. The van der Waals surface area contributed by atoms with Crippen LogP contribution in [0.15, 0.2) is 54.6 Å². The first-order chi connectivity index (χ1) is 10.3. The van der Waals surface area contributed by atoms with Crippen molar-refractivity contribution in [1.29, 1.82) is 0 Å². The topological polar surface area (TPSA) is 32.3 Å². The number of rotatable bonds is 8. The Hall–Kier alpha value is -1.80. The van der Waals surface area contributed by atoms with Crippen molar-refractivity contribution in [1.82, 2.24) is 5.32 Å². The van der Waals surface area contributed by atoms with Gasteiger partial charge in [0.2, 0.25) is 0 Å². The first-order valence-corrected chi connectivity index (χ1v) is 7.80. The van der Waals surface area contributed by atoms with Crippen LogP contribution in [0, 0.1) is 5.92 Å². The van der Waals surface area contributed by atoms with E-state index in [0.29, 0.717) is 11.7 Å². The van der Waals surface area contributed by atoms with Gasteiger partial charge in [-0.05, 0) is 61.5 Å². The Bertz CT molecular complexity index is 524. The van der Waals surface area contributed by atoms with Crippen LogP contribution in [-0.4, -0.2) is 18.2 Å². The third kappa shape index (κ3) is 5.60. The molecule has 0 fully saturated rings. The van der Waals surface area contributed by atoms with E-state index in [1.165, 1.54) is 11.1 Å². The SMILES string of the molecule is CCCNCC(Cc1ccccc1)Cc1cccc(O)c1. The summed E-state index contributed by atoms with van der Waals surface area (Å²) in [5, 5.41) is 13.1.